The summed E-state index contributed by atoms with van der Waals surface area (Å²) < 4.78 is 12.3. The molecule has 0 radical (unpaired) electrons. The van der Waals surface area contributed by atoms with Crippen LogP contribution in [0.15, 0.2) is 0 Å². The average molecular weight is 390 g/mol. The zero-order chi connectivity index (χ0) is 19.8. The molecule has 2 aliphatic carbocycles. The number of fused-ring (bicyclic) bond motifs is 5. The molecule has 9 atom stereocenters. The summed E-state index contributed by atoms with van der Waals surface area (Å²) in [5.41, 5.74) is 0.397. The number of esters is 1. The molecule has 2 saturated carbocycles. The molecule has 0 aromatic heterocycles. The van der Waals surface area contributed by atoms with E-state index in [0.29, 0.717) is 35.2 Å². The van der Waals surface area contributed by atoms with Crippen molar-refractivity contribution in [2.45, 2.75) is 84.5 Å². The molecule has 3 saturated heterocycles. The molecule has 4 heteroatoms. The van der Waals surface area contributed by atoms with Gasteiger partial charge in [-0.3, -0.25) is 4.79 Å². The van der Waals surface area contributed by atoms with Crippen molar-refractivity contribution in [1.29, 1.82) is 0 Å². The number of hydrogen-bond acceptors (Lipinski definition) is 4. The Morgan fingerprint density at radius 3 is 2.71 bits per heavy atom. The van der Waals surface area contributed by atoms with Crippen molar-refractivity contribution in [3.05, 3.63) is 0 Å². The third-order valence-corrected chi connectivity index (χ3v) is 8.95. The summed E-state index contributed by atoms with van der Waals surface area (Å²) in [5.74, 6) is 3.08. The first-order valence-electron chi connectivity index (χ1n) is 11.8. The van der Waals surface area contributed by atoms with Crippen LogP contribution < -0.4 is 0 Å². The smallest absolute Gasteiger partial charge is 0.310 e. The number of carbonyl (C=O) groups excluding carboxylic acids is 1. The first-order valence-corrected chi connectivity index (χ1v) is 11.8. The lowest BCUT2D eigenvalue weighted by Crippen LogP contribution is -2.49. The normalized spacial score (nSPS) is 52.8. The molecule has 5 fully saturated rings. The molecule has 0 spiro atoms. The van der Waals surface area contributed by atoms with Crippen LogP contribution in [-0.4, -0.2) is 48.3 Å². The maximum absolute atomic E-state index is 13.0. The molecule has 0 aromatic rings. The van der Waals surface area contributed by atoms with Gasteiger partial charge in [0.1, 0.15) is 6.10 Å². The van der Waals surface area contributed by atoms with E-state index >= 15 is 0 Å². The number of nitrogens with zero attached hydrogens (tertiary/aromatic N) is 1. The van der Waals surface area contributed by atoms with Crippen molar-refractivity contribution in [3.8, 4) is 0 Å². The number of ether oxygens (including phenoxy) is 2. The number of epoxide rings is 1. The van der Waals surface area contributed by atoms with Crippen LogP contribution in [-0.2, 0) is 14.3 Å². The Hall–Kier alpha value is -0.610. The average Bonchev–Trinajstić information content (AvgIpc) is 3.23. The van der Waals surface area contributed by atoms with E-state index < -0.39 is 0 Å². The third kappa shape index (κ3) is 3.14. The van der Waals surface area contributed by atoms with E-state index in [1.807, 2.05) is 0 Å². The molecular weight excluding hydrogens is 350 g/mol. The molecule has 4 nitrogen and oxygen atoms in total. The van der Waals surface area contributed by atoms with Gasteiger partial charge in [-0.1, -0.05) is 27.7 Å². The van der Waals surface area contributed by atoms with E-state index in [0.717, 1.165) is 32.0 Å². The lowest BCUT2D eigenvalue weighted by Gasteiger charge is -2.45. The van der Waals surface area contributed by atoms with Crippen molar-refractivity contribution >= 4 is 5.97 Å². The van der Waals surface area contributed by atoms with Gasteiger partial charge in [0.15, 0.2) is 0 Å². The van der Waals surface area contributed by atoms with Crippen molar-refractivity contribution in [1.82, 2.24) is 4.90 Å². The SMILES string of the molecule is C[C@@H]1CCN(C[C@H]2C(=O)O[C@H]3[C@H]2C[C@@H](C)[C@@H]2CC[C@@]4(C)O[C@H]4[C@H]23)CC(C)(C)C1. The number of carbonyl (C=O) groups is 1. The van der Waals surface area contributed by atoms with E-state index in [-0.39, 0.29) is 23.6 Å². The summed E-state index contributed by atoms with van der Waals surface area (Å²) in [4.78, 5) is 15.6. The molecule has 5 rings (SSSR count). The van der Waals surface area contributed by atoms with E-state index in [2.05, 4.69) is 39.5 Å². The molecule has 0 amide bonds. The predicted octanol–water partition coefficient (Wildman–Crippen LogP) is 4.13. The number of rotatable bonds is 2. The highest BCUT2D eigenvalue weighted by Crippen LogP contribution is 2.61. The van der Waals surface area contributed by atoms with Crippen LogP contribution in [0.1, 0.15) is 66.7 Å². The molecule has 5 aliphatic rings. The Kier molecular flexibility index (Phi) is 4.45. The van der Waals surface area contributed by atoms with E-state index in [9.17, 15) is 4.79 Å². The van der Waals surface area contributed by atoms with Crippen molar-refractivity contribution in [2.75, 3.05) is 19.6 Å². The maximum Gasteiger partial charge on any atom is 0.310 e. The lowest BCUT2D eigenvalue weighted by atomic mass is 9.58. The highest BCUT2D eigenvalue weighted by atomic mass is 16.6. The number of likely N-dealkylation sites (tertiary alicyclic amines) is 1. The van der Waals surface area contributed by atoms with E-state index in [4.69, 9.17) is 9.47 Å². The van der Waals surface area contributed by atoms with Crippen LogP contribution in [0.2, 0.25) is 0 Å². The van der Waals surface area contributed by atoms with Crippen molar-refractivity contribution < 1.29 is 14.3 Å². The zero-order valence-corrected chi connectivity index (χ0v) is 18.4. The van der Waals surface area contributed by atoms with E-state index in [1.165, 1.54) is 25.7 Å². The van der Waals surface area contributed by atoms with Gasteiger partial charge in [0.25, 0.3) is 0 Å². The second kappa shape index (κ2) is 6.44. The van der Waals surface area contributed by atoms with Crippen LogP contribution in [0.3, 0.4) is 0 Å². The van der Waals surface area contributed by atoms with Gasteiger partial charge in [-0.05, 0) is 68.7 Å². The van der Waals surface area contributed by atoms with Gasteiger partial charge < -0.3 is 14.4 Å². The van der Waals surface area contributed by atoms with Crippen LogP contribution >= 0.6 is 0 Å². The molecule has 0 N–H and O–H groups in total. The Morgan fingerprint density at radius 1 is 1.14 bits per heavy atom. The quantitative estimate of drug-likeness (QED) is 0.526. The molecule has 3 heterocycles. The minimum absolute atomic E-state index is 0.0598. The maximum atomic E-state index is 13.0. The van der Waals surface area contributed by atoms with Gasteiger partial charge in [-0.15, -0.1) is 0 Å². The van der Waals surface area contributed by atoms with Crippen LogP contribution in [0, 0.1) is 40.9 Å². The van der Waals surface area contributed by atoms with Crippen molar-refractivity contribution in [3.63, 3.8) is 0 Å². The monoisotopic (exact) mass is 389 g/mol. The fourth-order valence-corrected chi connectivity index (χ4v) is 7.71. The first-order chi connectivity index (χ1) is 13.2. The zero-order valence-electron chi connectivity index (χ0n) is 18.4. The summed E-state index contributed by atoms with van der Waals surface area (Å²) in [6, 6.07) is 0. The van der Waals surface area contributed by atoms with Crippen LogP contribution in [0.5, 0.6) is 0 Å². The van der Waals surface area contributed by atoms with Gasteiger partial charge in [-0.25, -0.2) is 0 Å². The minimum Gasteiger partial charge on any atom is -0.461 e. The summed E-state index contributed by atoms with van der Waals surface area (Å²) in [6.07, 6.45) is 6.52. The first kappa shape index (κ1) is 19.4. The molecule has 158 valence electrons. The van der Waals surface area contributed by atoms with Gasteiger partial charge in [0, 0.05) is 24.9 Å². The lowest BCUT2D eigenvalue weighted by molar-refractivity contribution is -0.149. The van der Waals surface area contributed by atoms with Gasteiger partial charge in [-0.2, -0.15) is 0 Å². The highest BCUT2D eigenvalue weighted by molar-refractivity contribution is 5.75. The fraction of sp³-hybridized carbons (Fsp3) is 0.958. The third-order valence-electron chi connectivity index (χ3n) is 8.95. The van der Waals surface area contributed by atoms with Crippen molar-refractivity contribution in [2.24, 2.45) is 40.9 Å². The molecule has 0 bridgehead atoms. The predicted molar refractivity (Wildman–Crippen MR) is 109 cm³/mol. The van der Waals surface area contributed by atoms with E-state index in [1.54, 1.807) is 0 Å². The van der Waals surface area contributed by atoms with Gasteiger partial charge in [0.05, 0.1) is 17.6 Å². The Bertz CT molecular complexity index is 648. The fourth-order valence-electron chi connectivity index (χ4n) is 7.71. The Morgan fingerprint density at radius 2 is 1.93 bits per heavy atom. The molecular formula is C24H39NO3. The van der Waals surface area contributed by atoms with Crippen LogP contribution in [0.25, 0.3) is 0 Å². The molecule has 0 aromatic carbocycles. The Balaban J connectivity index is 1.34. The summed E-state index contributed by atoms with van der Waals surface area (Å²) in [7, 11) is 0. The standard InChI is InChI=1S/C24H39NO3/c1-14-7-9-25(13-23(3,4)11-14)12-18-17-10-15(2)16-6-8-24(5)21(28-24)19(16)20(17)27-22(18)26/h14-21H,6-13H2,1-5H3/t14-,15-,16+,17+,18-,19-,20+,21+,24-/m1/s1. The topological polar surface area (TPSA) is 42.1 Å². The number of hydrogen-bond donors (Lipinski definition) is 0. The summed E-state index contributed by atoms with van der Waals surface area (Å²) >= 11 is 0. The van der Waals surface area contributed by atoms with Gasteiger partial charge in [0.2, 0.25) is 0 Å². The summed E-state index contributed by atoms with van der Waals surface area (Å²) in [6.45, 7) is 14.9. The Labute approximate surface area is 170 Å². The molecule has 3 aliphatic heterocycles. The second-order valence-electron chi connectivity index (χ2n) is 12.0. The molecule has 0 unspecified atom stereocenters. The minimum atomic E-state index is 0.0598. The molecule has 28 heavy (non-hydrogen) atoms. The largest absolute Gasteiger partial charge is 0.461 e. The summed E-state index contributed by atoms with van der Waals surface area (Å²) in [5, 5.41) is 0. The van der Waals surface area contributed by atoms with Crippen LogP contribution in [0.4, 0.5) is 0 Å². The van der Waals surface area contributed by atoms with Gasteiger partial charge >= 0.3 is 5.97 Å². The highest BCUT2D eigenvalue weighted by Gasteiger charge is 2.67. The second-order valence-corrected chi connectivity index (χ2v) is 12.0.